The van der Waals surface area contributed by atoms with Crippen molar-refractivity contribution in [3.8, 4) is 11.3 Å². The number of rotatable bonds is 7. The molecule has 5 rings (SSSR count). The van der Waals surface area contributed by atoms with Crippen LogP contribution in [0.5, 0.6) is 0 Å². The van der Waals surface area contributed by atoms with Crippen LogP contribution in [-0.4, -0.2) is 78.7 Å². The summed E-state index contributed by atoms with van der Waals surface area (Å²) in [6, 6.07) is 7.46. The highest BCUT2D eigenvalue weighted by molar-refractivity contribution is 5.90. The lowest BCUT2D eigenvalue weighted by Crippen LogP contribution is -2.38. The smallest absolute Gasteiger partial charge is 0.293 e. The molecule has 4 aromatic rings. The van der Waals surface area contributed by atoms with Gasteiger partial charge in [-0.05, 0) is 43.8 Å². The van der Waals surface area contributed by atoms with Crippen molar-refractivity contribution in [2.24, 2.45) is 7.05 Å². The van der Waals surface area contributed by atoms with Gasteiger partial charge in [-0.3, -0.25) is 14.3 Å². The minimum atomic E-state index is -0.427. The molecule has 0 aliphatic carbocycles. The molecule has 0 unspecified atom stereocenters. The summed E-state index contributed by atoms with van der Waals surface area (Å²) >= 11 is 0. The fourth-order valence-corrected chi connectivity index (χ4v) is 4.74. The van der Waals surface area contributed by atoms with Gasteiger partial charge < -0.3 is 25.0 Å². The lowest BCUT2D eigenvalue weighted by atomic mass is 9.96. The van der Waals surface area contributed by atoms with Crippen LogP contribution in [0.1, 0.15) is 60.9 Å². The third-order valence-corrected chi connectivity index (χ3v) is 6.86. The molecule has 1 aliphatic heterocycles. The molecule has 42 heavy (non-hydrogen) atoms. The van der Waals surface area contributed by atoms with E-state index in [0.29, 0.717) is 37.9 Å². The molecule has 0 fully saturated rings. The van der Waals surface area contributed by atoms with Gasteiger partial charge in [-0.2, -0.15) is 10.1 Å². The van der Waals surface area contributed by atoms with E-state index in [1.807, 2.05) is 82.2 Å². The molecule has 1 aliphatic rings. The molecule has 1 atom stereocenters. The first-order chi connectivity index (χ1) is 20.0. The predicted octanol–water partition coefficient (Wildman–Crippen LogP) is 3.07. The zero-order valence-electron chi connectivity index (χ0n) is 24.7. The third-order valence-electron chi connectivity index (χ3n) is 6.86. The zero-order valence-corrected chi connectivity index (χ0v) is 24.7. The van der Waals surface area contributed by atoms with E-state index >= 15 is 0 Å². The molecule has 220 valence electrons. The van der Waals surface area contributed by atoms with Crippen LogP contribution in [0.2, 0.25) is 0 Å². The number of nitrogens with zero attached hydrogens (tertiary/aromatic N) is 8. The van der Waals surface area contributed by atoms with Crippen molar-refractivity contribution < 1.29 is 14.1 Å². The summed E-state index contributed by atoms with van der Waals surface area (Å²) in [6.07, 6.45) is 5.77. The second kappa shape index (κ2) is 11.7. The van der Waals surface area contributed by atoms with Crippen LogP contribution in [-0.2, 0) is 23.8 Å². The lowest BCUT2D eigenvalue weighted by Gasteiger charge is -2.23. The minimum Gasteiger partial charge on any atom is -0.342 e. The van der Waals surface area contributed by atoms with Gasteiger partial charge in [0.05, 0.1) is 30.2 Å². The van der Waals surface area contributed by atoms with Crippen molar-refractivity contribution >= 4 is 23.5 Å². The van der Waals surface area contributed by atoms with Gasteiger partial charge in [-0.25, -0.2) is 9.97 Å². The van der Waals surface area contributed by atoms with E-state index in [1.54, 1.807) is 17.1 Å². The first-order valence-corrected chi connectivity index (χ1v) is 13.8. The predicted molar refractivity (Wildman–Crippen MR) is 156 cm³/mol. The molecule has 0 radical (unpaired) electrons. The molecular formula is C29H36N10O3. The Labute approximate surface area is 244 Å². The average molecular weight is 573 g/mol. The summed E-state index contributed by atoms with van der Waals surface area (Å²) in [5, 5.41) is 14.3. The maximum atomic E-state index is 13.2. The molecule has 0 saturated carbocycles. The summed E-state index contributed by atoms with van der Waals surface area (Å²) < 4.78 is 7.02. The molecule has 2 amide bonds. The van der Waals surface area contributed by atoms with Gasteiger partial charge >= 0.3 is 0 Å². The maximum Gasteiger partial charge on any atom is 0.293 e. The van der Waals surface area contributed by atoms with Crippen molar-refractivity contribution in [1.82, 2.24) is 45.0 Å². The van der Waals surface area contributed by atoms with E-state index in [-0.39, 0.29) is 23.2 Å². The van der Waals surface area contributed by atoms with Crippen LogP contribution in [0.25, 0.3) is 11.3 Å². The summed E-state index contributed by atoms with van der Waals surface area (Å²) in [4.78, 5) is 43.4. The molecule has 3 aromatic heterocycles. The fourth-order valence-electron chi connectivity index (χ4n) is 4.74. The number of benzene rings is 1. The van der Waals surface area contributed by atoms with Gasteiger partial charge in [0, 0.05) is 43.5 Å². The number of carbonyl (C=O) groups excluding carboxylic acids is 2. The van der Waals surface area contributed by atoms with Gasteiger partial charge in [-0.1, -0.05) is 38.1 Å². The number of carbonyl (C=O) groups is 2. The Hall–Kier alpha value is -4.65. The largest absolute Gasteiger partial charge is 0.342 e. The van der Waals surface area contributed by atoms with Crippen LogP contribution in [0.3, 0.4) is 0 Å². The summed E-state index contributed by atoms with van der Waals surface area (Å²) in [6.45, 7) is 7.00. The van der Waals surface area contributed by atoms with Gasteiger partial charge in [0.1, 0.15) is 0 Å². The summed E-state index contributed by atoms with van der Waals surface area (Å²) in [5.41, 5.74) is 3.84. The quantitative estimate of drug-likeness (QED) is 0.339. The van der Waals surface area contributed by atoms with Gasteiger partial charge in [0.2, 0.25) is 17.7 Å². The number of amides is 2. The summed E-state index contributed by atoms with van der Waals surface area (Å²) in [7, 11) is 5.58. The first-order valence-electron chi connectivity index (χ1n) is 13.8. The second-order valence-electron chi connectivity index (χ2n) is 11.7. The van der Waals surface area contributed by atoms with Crippen molar-refractivity contribution in [2.75, 3.05) is 32.5 Å². The van der Waals surface area contributed by atoms with Crippen molar-refractivity contribution in [2.45, 2.75) is 45.2 Å². The van der Waals surface area contributed by atoms with Gasteiger partial charge in [-0.15, -0.1) is 0 Å². The standard InChI is InChI=1S/C29H36N10O3/c1-29(2,3)27-35-25(36-42-27)26(41)33-23-10-12-39(24(40)17-37(4)5)15-19-13-18(7-8-21(19)23)22-9-11-30-28(34-22)32-20-14-31-38(6)16-20/h7-9,11,13-14,16,23H,10,12,15,17H2,1-6H3,(H,33,41)(H,30,32,34)/t23-/m0/s1. The van der Waals surface area contributed by atoms with E-state index in [4.69, 9.17) is 9.51 Å². The molecule has 0 spiro atoms. The number of anilines is 2. The topological polar surface area (TPSA) is 147 Å². The number of likely N-dealkylation sites (N-methyl/N-ethyl adjacent to an activating group) is 1. The van der Waals surface area contributed by atoms with E-state index in [1.165, 1.54) is 0 Å². The number of nitrogens with one attached hydrogen (secondary N) is 2. The lowest BCUT2D eigenvalue weighted by molar-refractivity contribution is -0.132. The highest BCUT2D eigenvalue weighted by atomic mass is 16.5. The molecule has 1 aromatic carbocycles. The molecule has 0 saturated heterocycles. The maximum absolute atomic E-state index is 13.2. The van der Waals surface area contributed by atoms with E-state index < -0.39 is 5.91 Å². The number of fused-ring (bicyclic) bond motifs is 1. The third kappa shape index (κ3) is 6.62. The summed E-state index contributed by atoms with van der Waals surface area (Å²) in [5.74, 6) is 0.405. The normalized spacial score (nSPS) is 15.3. The number of aromatic nitrogens is 6. The Kier molecular flexibility index (Phi) is 8.03. The molecule has 0 bridgehead atoms. The molecule has 4 heterocycles. The zero-order chi connectivity index (χ0) is 30.0. The molecule has 13 heteroatoms. The van der Waals surface area contributed by atoms with Gasteiger partial charge in [0.25, 0.3) is 11.7 Å². The Bertz CT molecular complexity index is 1590. The SMILES string of the molecule is CN(C)CC(=O)N1CC[C@H](NC(=O)c2noc(C(C)(C)C)n2)c2ccc(-c3ccnc(Nc4cnn(C)c4)n3)cc2C1. The monoisotopic (exact) mass is 572 g/mol. The number of aryl methyl sites for hydroxylation is 1. The molecular weight excluding hydrogens is 536 g/mol. The van der Waals surface area contributed by atoms with Crippen LogP contribution in [0.15, 0.2) is 47.4 Å². The highest BCUT2D eigenvalue weighted by Crippen LogP contribution is 2.31. The van der Waals surface area contributed by atoms with Crippen LogP contribution in [0, 0.1) is 0 Å². The van der Waals surface area contributed by atoms with E-state index in [9.17, 15) is 9.59 Å². The molecule has 13 nitrogen and oxygen atoms in total. The number of hydrogen-bond acceptors (Lipinski definition) is 10. The molecule has 2 N–H and O–H groups in total. The van der Waals surface area contributed by atoms with Crippen LogP contribution < -0.4 is 10.6 Å². The Morgan fingerprint density at radius 1 is 1.17 bits per heavy atom. The van der Waals surface area contributed by atoms with Crippen molar-refractivity contribution in [1.29, 1.82) is 0 Å². The second-order valence-corrected chi connectivity index (χ2v) is 11.7. The van der Waals surface area contributed by atoms with Crippen molar-refractivity contribution in [3.63, 3.8) is 0 Å². The Morgan fingerprint density at radius 2 is 1.98 bits per heavy atom. The average Bonchev–Trinajstić information content (AvgIpc) is 3.55. The van der Waals surface area contributed by atoms with E-state index in [0.717, 1.165) is 28.1 Å². The highest BCUT2D eigenvalue weighted by Gasteiger charge is 2.29. The Balaban J connectivity index is 1.44. The van der Waals surface area contributed by atoms with E-state index in [2.05, 4.69) is 30.9 Å². The van der Waals surface area contributed by atoms with Gasteiger partial charge in [0.15, 0.2) is 0 Å². The fraction of sp³-hybridized carbons (Fsp3) is 0.414. The first kappa shape index (κ1) is 28.9. The number of hydrogen-bond donors (Lipinski definition) is 2. The van der Waals surface area contributed by atoms with Crippen molar-refractivity contribution in [3.05, 3.63) is 65.7 Å². The van der Waals surface area contributed by atoms with Crippen LogP contribution in [0.4, 0.5) is 11.6 Å². The minimum absolute atomic E-state index is 0.0151. The van der Waals surface area contributed by atoms with Crippen LogP contribution >= 0.6 is 0 Å². The Morgan fingerprint density at radius 3 is 2.67 bits per heavy atom.